The second-order valence-electron chi connectivity index (χ2n) is 6.48. The molecule has 228 valence electrons. The number of halogens is 6. The third-order valence-corrected chi connectivity index (χ3v) is 4.09. The van der Waals surface area contributed by atoms with Crippen LogP contribution in [0, 0.1) is 0 Å². The number of rotatable bonds is 5. The zero-order chi connectivity index (χ0) is 29.4. The third-order valence-electron chi connectivity index (χ3n) is 4.09. The van der Waals surface area contributed by atoms with Crippen LogP contribution in [0.25, 0.3) is 0 Å². The van der Waals surface area contributed by atoms with Crippen molar-refractivity contribution in [3.63, 3.8) is 0 Å². The number of hydrogen-bond donors (Lipinski definition) is 5. The number of benzene rings is 2. The van der Waals surface area contributed by atoms with Crippen LogP contribution in [0.5, 0.6) is 0 Å². The Morgan fingerprint density at radius 2 is 1.21 bits per heavy atom. The number of carbonyl (C=O) groups excluding carboxylic acids is 3. The van der Waals surface area contributed by atoms with Crippen molar-refractivity contribution in [1.82, 2.24) is 10.6 Å². The second kappa shape index (κ2) is 33.5. The maximum absolute atomic E-state index is 11.5. The summed E-state index contributed by atoms with van der Waals surface area (Å²) in [5.41, 5.74) is 2.83. The van der Waals surface area contributed by atoms with Crippen LogP contribution in [-0.4, -0.2) is 68.8 Å². The Balaban J connectivity index is -0.000000154. The minimum atomic E-state index is -1.04. The van der Waals surface area contributed by atoms with Gasteiger partial charge in [0.05, 0.1) is 0 Å². The van der Waals surface area contributed by atoms with E-state index in [2.05, 4.69) is 90.4 Å². The molecule has 9 nitrogen and oxygen atoms in total. The van der Waals surface area contributed by atoms with Gasteiger partial charge in [-0.25, -0.2) is 0 Å². The van der Waals surface area contributed by atoms with Crippen LogP contribution in [0.2, 0.25) is 0 Å². The standard InChI is InChI=1S/C12H16N2O3.C9H12N2O.C2H6O.CH4.I3.I2.HI/c1-8(15)12(17)14(3)10-6-4-9(5-7-10)11(16)13-2;1-10-8-5-3-7(4-6-8)9(12)11-2;1-2-3;;1-3-2;1-2;/h4-8,15H,1-3H3,(H,13,16);3-6,10H,1-2H3,(H,11,12);3H,2H2,1H3;1H4;;;1H/q;;;;-1;;. The van der Waals surface area contributed by atoms with Gasteiger partial charge in [0.15, 0.2) is 0 Å². The number of aliphatic hydroxyl groups is 2. The van der Waals surface area contributed by atoms with Crippen LogP contribution in [0.15, 0.2) is 48.5 Å². The van der Waals surface area contributed by atoms with E-state index in [4.69, 9.17) is 5.11 Å². The number of aliphatic hydroxyl groups excluding tert-OH is 2. The van der Waals surface area contributed by atoms with Gasteiger partial charge in [-0.15, -0.1) is 24.0 Å². The van der Waals surface area contributed by atoms with Gasteiger partial charge in [-0.3, -0.25) is 14.4 Å². The quantitative estimate of drug-likeness (QED) is 0.293. The first-order chi connectivity index (χ1) is 17.6. The fraction of sp³-hybridized carbons (Fsp3) is 0.375. The average Bonchev–Trinajstić information content (AvgIpc) is 2.93. The molecule has 2 rings (SSSR count). The Kier molecular flexibility index (Phi) is 42.6. The van der Waals surface area contributed by atoms with Crippen molar-refractivity contribution in [2.45, 2.75) is 27.4 Å². The summed E-state index contributed by atoms with van der Waals surface area (Å²) in [6.07, 6.45) is -1.04. The van der Waals surface area contributed by atoms with Crippen molar-refractivity contribution < 1.29 is 37.9 Å². The molecule has 0 saturated carbocycles. The van der Waals surface area contributed by atoms with E-state index in [0.717, 1.165) is 5.69 Å². The topological polar surface area (TPSA) is 131 Å². The SMILES string of the molecule is C.CCO.CNC(=O)c1ccc(N(C)C(=O)C(C)O)cc1.CNC(=O)c1ccc(NC)cc1.I.II.I[I-]I. The summed E-state index contributed by atoms with van der Waals surface area (Å²) < 4.78 is 0. The number of nitrogens with zero attached hydrogens (tertiary/aromatic N) is 1. The van der Waals surface area contributed by atoms with Gasteiger partial charge in [-0.1, -0.05) is 7.43 Å². The molecule has 0 radical (unpaired) electrons. The van der Waals surface area contributed by atoms with Crippen LogP contribution < -0.4 is 34.1 Å². The molecule has 0 aliphatic heterocycles. The zero-order valence-corrected chi connectivity index (χ0v) is 34.9. The molecule has 5 N–H and O–H groups in total. The van der Waals surface area contributed by atoms with Crippen molar-refractivity contribution >= 4 is 128 Å². The average molecular weight is 1230 g/mol. The van der Waals surface area contributed by atoms with Crippen LogP contribution in [-0.2, 0) is 4.79 Å². The molecule has 1 atom stereocenters. The normalized spacial score (nSPS) is 9.13. The first kappa shape index (κ1) is 49.6. The Morgan fingerprint density at radius 3 is 1.46 bits per heavy atom. The van der Waals surface area contributed by atoms with Gasteiger partial charge in [0.2, 0.25) is 0 Å². The number of anilines is 2. The summed E-state index contributed by atoms with van der Waals surface area (Å²) in [6.45, 7) is 3.34. The Hall–Kier alpha value is 0.950. The number of likely N-dealkylation sites (N-methyl/N-ethyl adjacent to an activating group) is 1. The van der Waals surface area contributed by atoms with E-state index < -0.39 is 12.0 Å². The Bertz CT molecular complexity index is 874. The van der Waals surface area contributed by atoms with Gasteiger partial charge in [-0.05, 0) is 62.4 Å². The molecule has 2 aromatic carbocycles. The monoisotopic (exact) mass is 1220 g/mol. The summed E-state index contributed by atoms with van der Waals surface area (Å²) in [4.78, 5) is 35.2. The fourth-order valence-corrected chi connectivity index (χ4v) is 2.32. The number of nitrogens with one attached hydrogen (secondary N) is 3. The van der Waals surface area contributed by atoms with Gasteiger partial charge in [-0.2, -0.15) is 0 Å². The van der Waals surface area contributed by atoms with Crippen LogP contribution in [0.4, 0.5) is 11.4 Å². The molecule has 0 heterocycles. The summed E-state index contributed by atoms with van der Waals surface area (Å²) in [7, 11) is 6.59. The molecule has 0 saturated heterocycles. The van der Waals surface area contributed by atoms with Crippen molar-refractivity contribution in [3.8, 4) is 0 Å². The molecular formula is C24H39I6N4O5-. The fourth-order valence-electron chi connectivity index (χ4n) is 2.32. The van der Waals surface area contributed by atoms with Crippen molar-refractivity contribution in [2.24, 2.45) is 0 Å². The van der Waals surface area contributed by atoms with Crippen molar-refractivity contribution in [1.29, 1.82) is 0 Å². The molecule has 15 heteroatoms. The number of hydrogen-bond acceptors (Lipinski definition) is 6. The van der Waals surface area contributed by atoms with Crippen LogP contribution >= 0.6 is 98.4 Å². The number of amides is 3. The first-order valence-electron chi connectivity index (χ1n) is 10.5. The van der Waals surface area contributed by atoms with E-state index in [9.17, 15) is 19.5 Å². The molecule has 1 unspecified atom stereocenters. The van der Waals surface area contributed by atoms with E-state index in [1.165, 1.54) is 11.8 Å². The molecule has 0 aromatic heterocycles. The summed E-state index contributed by atoms with van der Waals surface area (Å²) >= 11 is 9.54. The molecule has 3 amide bonds. The van der Waals surface area contributed by atoms with Gasteiger partial charge < -0.3 is 31.1 Å². The van der Waals surface area contributed by atoms with E-state index in [-0.39, 0.29) is 49.8 Å². The van der Waals surface area contributed by atoms with Gasteiger partial charge in [0.1, 0.15) is 6.10 Å². The van der Waals surface area contributed by atoms with E-state index in [0.29, 0.717) is 30.1 Å². The summed E-state index contributed by atoms with van der Waals surface area (Å²) in [6, 6.07) is 13.9. The predicted octanol–water partition coefficient (Wildman–Crippen LogP) is 3.28. The molecule has 39 heavy (non-hydrogen) atoms. The molecule has 0 aliphatic rings. The molecule has 0 spiro atoms. The molecule has 0 aliphatic carbocycles. The van der Waals surface area contributed by atoms with Crippen molar-refractivity contribution in [2.75, 3.05) is 45.0 Å². The van der Waals surface area contributed by atoms with Crippen molar-refractivity contribution in [3.05, 3.63) is 59.7 Å². The Morgan fingerprint density at radius 1 is 0.897 bits per heavy atom. The van der Waals surface area contributed by atoms with Gasteiger partial charge in [0.25, 0.3) is 17.7 Å². The molecule has 2 aromatic rings. The minimum absolute atomic E-state index is 0. The van der Waals surface area contributed by atoms with Crippen LogP contribution in [0.3, 0.4) is 0 Å². The maximum atomic E-state index is 11.5. The van der Waals surface area contributed by atoms with Gasteiger partial charge in [0, 0.05) is 94.5 Å². The van der Waals surface area contributed by atoms with E-state index in [1.807, 2.05) is 19.2 Å². The second-order valence-corrected chi connectivity index (χ2v) is 22.7. The summed E-state index contributed by atoms with van der Waals surface area (Å²) in [5, 5.41) is 24.8. The zero-order valence-electron chi connectivity index (χ0n) is 21.8. The molecule has 0 fully saturated rings. The number of carbonyl (C=O) groups is 3. The predicted molar refractivity (Wildman–Crippen MR) is 205 cm³/mol. The first-order valence-corrected chi connectivity index (χ1v) is 29.3. The Labute approximate surface area is 303 Å². The van der Waals surface area contributed by atoms with Crippen LogP contribution in [0.1, 0.15) is 42.0 Å². The van der Waals surface area contributed by atoms with E-state index in [1.54, 1.807) is 64.5 Å². The molecular weight excluding hydrogens is 1190 g/mol. The van der Waals surface area contributed by atoms with E-state index >= 15 is 0 Å². The van der Waals surface area contributed by atoms with Gasteiger partial charge >= 0.3 is 50.5 Å². The molecule has 0 bridgehead atoms. The summed E-state index contributed by atoms with van der Waals surface area (Å²) in [5.74, 6) is -0.628. The third kappa shape index (κ3) is 24.1.